The number of hydrogen-bond acceptors (Lipinski definition) is 9. The van der Waals surface area contributed by atoms with Crippen molar-refractivity contribution in [2.75, 3.05) is 39.0 Å². The second kappa shape index (κ2) is 17.1. The molecular formula is C40H48ClN3O6S. The lowest BCUT2D eigenvalue weighted by molar-refractivity contribution is 0.0850. The molecule has 4 aromatic rings. The molecule has 11 heteroatoms. The quantitative estimate of drug-likeness (QED) is 0.123. The topological polar surface area (TPSA) is 99.2 Å². The first-order chi connectivity index (χ1) is 24.7. The van der Waals surface area contributed by atoms with Gasteiger partial charge in [-0.25, -0.2) is 8.42 Å². The molecule has 9 nitrogen and oxygen atoms in total. The summed E-state index contributed by atoms with van der Waals surface area (Å²) in [6.45, 7) is 9.91. The maximum Gasteiger partial charge on any atom is 0.177 e. The molecule has 3 heterocycles. The van der Waals surface area contributed by atoms with Gasteiger partial charge in [0.05, 0.1) is 9.92 Å². The van der Waals surface area contributed by atoms with Gasteiger partial charge < -0.3 is 24.3 Å². The van der Waals surface area contributed by atoms with Crippen LogP contribution in [0.25, 0.3) is 11.1 Å². The Morgan fingerprint density at radius 3 is 2.57 bits per heavy atom. The Bertz CT molecular complexity index is 1910. The Morgan fingerprint density at radius 1 is 0.941 bits per heavy atom. The Balaban J connectivity index is 1.19. The van der Waals surface area contributed by atoms with Crippen molar-refractivity contribution in [3.63, 3.8) is 0 Å². The minimum absolute atomic E-state index is 0.0112. The largest absolute Gasteiger partial charge is 0.488 e. The Labute approximate surface area is 307 Å². The molecule has 6 rings (SSSR count). The average Bonchev–Trinajstić information content (AvgIpc) is 3.13. The number of likely N-dealkylation sites (tertiary alicyclic amines) is 1. The molecule has 2 aliphatic heterocycles. The molecule has 1 saturated heterocycles. The fourth-order valence-corrected chi connectivity index (χ4v) is 7.37. The highest BCUT2D eigenvalue weighted by molar-refractivity contribution is 7.90. The van der Waals surface area contributed by atoms with Crippen LogP contribution < -0.4 is 24.3 Å². The fourth-order valence-electron chi connectivity index (χ4n) is 6.51. The number of nitrogens with zero attached hydrogens (tertiary/aromatic N) is 2. The summed E-state index contributed by atoms with van der Waals surface area (Å²) >= 11 is 6.86. The van der Waals surface area contributed by atoms with E-state index in [0.717, 1.165) is 91.2 Å². The van der Waals surface area contributed by atoms with E-state index in [4.69, 9.17) is 30.5 Å². The molecule has 1 aromatic heterocycles. The van der Waals surface area contributed by atoms with Crippen molar-refractivity contribution in [1.29, 1.82) is 0 Å². The van der Waals surface area contributed by atoms with Gasteiger partial charge in [-0.1, -0.05) is 49.2 Å². The highest BCUT2D eigenvalue weighted by atomic mass is 35.5. The maximum atomic E-state index is 12.1. The Morgan fingerprint density at radius 2 is 1.76 bits per heavy atom. The van der Waals surface area contributed by atoms with Crippen LogP contribution >= 0.6 is 11.6 Å². The summed E-state index contributed by atoms with van der Waals surface area (Å²) in [5.41, 5.74) is 5.88. The monoisotopic (exact) mass is 733 g/mol. The van der Waals surface area contributed by atoms with Crippen LogP contribution in [0.2, 0.25) is 5.02 Å². The van der Waals surface area contributed by atoms with Gasteiger partial charge in [0.2, 0.25) is 0 Å². The van der Waals surface area contributed by atoms with Crippen LogP contribution in [0.1, 0.15) is 61.3 Å². The van der Waals surface area contributed by atoms with Gasteiger partial charge in [0.15, 0.2) is 21.3 Å². The van der Waals surface area contributed by atoms with Gasteiger partial charge in [-0.3, -0.25) is 9.88 Å². The van der Waals surface area contributed by atoms with E-state index in [-0.39, 0.29) is 17.6 Å². The third kappa shape index (κ3) is 9.74. The van der Waals surface area contributed by atoms with E-state index in [1.165, 1.54) is 18.9 Å². The number of hydrogen-bond donors (Lipinski definition) is 1. The van der Waals surface area contributed by atoms with E-state index in [9.17, 15) is 8.42 Å². The molecule has 1 unspecified atom stereocenters. The van der Waals surface area contributed by atoms with Crippen LogP contribution in [-0.4, -0.2) is 63.4 Å². The lowest BCUT2D eigenvalue weighted by Gasteiger charge is -2.27. The number of piperidine rings is 1. The smallest absolute Gasteiger partial charge is 0.177 e. The number of halogens is 1. The molecule has 51 heavy (non-hydrogen) atoms. The van der Waals surface area contributed by atoms with Crippen molar-refractivity contribution in [2.24, 2.45) is 0 Å². The van der Waals surface area contributed by atoms with Crippen LogP contribution in [0.5, 0.6) is 23.0 Å². The van der Waals surface area contributed by atoms with Gasteiger partial charge in [0.25, 0.3) is 0 Å². The van der Waals surface area contributed by atoms with Gasteiger partial charge in [-0.2, -0.15) is 0 Å². The lowest BCUT2D eigenvalue weighted by Crippen LogP contribution is -2.32. The number of rotatable bonds is 15. The summed E-state index contributed by atoms with van der Waals surface area (Å²) in [6.07, 6.45) is 9.71. The number of fused-ring (bicyclic) bond motifs is 1. The van der Waals surface area contributed by atoms with Crippen molar-refractivity contribution in [2.45, 2.75) is 76.7 Å². The number of ether oxygens (including phenoxy) is 4. The molecule has 3 aromatic carbocycles. The number of nitrogens with one attached hydrogen (secondary N) is 1. The van der Waals surface area contributed by atoms with Crippen LogP contribution in [-0.2, 0) is 29.6 Å². The van der Waals surface area contributed by atoms with Crippen LogP contribution in [0.15, 0.2) is 71.9 Å². The number of aromatic nitrogens is 1. The van der Waals surface area contributed by atoms with Crippen LogP contribution in [0, 0.1) is 6.92 Å². The summed E-state index contributed by atoms with van der Waals surface area (Å²) in [5, 5.41) is 3.95. The van der Waals surface area contributed by atoms with E-state index in [0.29, 0.717) is 41.8 Å². The number of benzene rings is 3. The lowest BCUT2D eigenvalue weighted by atomic mass is 9.96. The highest BCUT2D eigenvalue weighted by Crippen LogP contribution is 2.39. The number of pyridine rings is 1. The number of sulfone groups is 1. The summed E-state index contributed by atoms with van der Waals surface area (Å²) in [4.78, 5) is 6.69. The van der Waals surface area contributed by atoms with Gasteiger partial charge in [0.1, 0.15) is 37.4 Å². The van der Waals surface area contributed by atoms with Gasteiger partial charge >= 0.3 is 0 Å². The second-order valence-corrected chi connectivity index (χ2v) is 15.9. The predicted octanol–water partition coefficient (Wildman–Crippen LogP) is 7.79. The molecule has 1 atom stereocenters. The molecule has 0 bridgehead atoms. The van der Waals surface area contributed by atoms with E-state index < -0.39 is 9.84 Å². The van der Waals surface area contributed by atoms with Crippen LogP contribution in [0.3, 0.4) is 0 Å². The minimum atomic E-state index is -3.39. The third-order valence-corrected chi connectivity index (χ3v) is 10.8. The summed E-state index contributed by atoms with van der Waals surface area (Å²) in [5.74, 6) is 2.69. The molecule has 272 valence electrons. The zero-order chi connectivity index (χ0) is 35.8. The second-order valence-electron chi connectivity index (χ2n) is 13.4. The van der Waals surface area contributed by atoms with Crippen molar-refractivity contribution >= 4 is 21.4 Å². The highest BCUT2D eigenvalue weighted by Gasteiger charge is 2.22. The maximum absolute atomic E-state index is 12.1. The molecule has 0 saturated carbocycles. The van der Waals surface area contributed by atoms with Crippen molar-refractivity contribution in [3.05, 3.63) is 94.3 Å². The molecule has 0 spiro atoms. The molecule has 0 radical (unpaired) electrons. The van der Waals surface area contributed by atoms with Crippen LogP contribution in [0.4, 0.5) is 0 Å². The van der Waals surface area contributed by atoms with E-state index in [1.807, 2.05) is 24.3 Å². The third-order valence-electron chi connectivity index (χ3n) is 9.42. The zero-order valence-corrected chi connectivity index (χ0v) is 31.3. The van der Waals surface area contributed by atoms with E-state index in [2.05, 4.69) is 53.3 Å². The van der Waals surface area contributed by atoms with Gasteiger partial charge in [-0.05, 0) is 98.9 Å². The molecule has 1 fully saturated rings. The summed E-state index contributed by atoms with van der Waals surface area (Å²) in [7, 11) is -3.39. The summed E-state index contributed by atoms with van der Waals surface area (Å²) in [6, 6.07) is 17.7. The minimum Gasteiger partial charge on any atom is -0.488 e. The molecule has 0 aliphatic carbocycles. The molecular weight excluding hydrogens is 686 g/mol. The SMILES string of the molecule is CCCNCCC1COc2ccc(-c3cccc(COc4cc(OCc5cncc(S(C)(=O)=O)c5)c(CN5CCCCC5)cc4Cl)c3C)cc2O1. The molecule has 1 N–H and O–H groups in total. The standard InChI is InChI=1S/C40H48ClN3O6S/c1-4-14-42-15-13-33-27-49-37-12-11-30(20-40(37)50-33)35-10-8-9-31(28(35)2)26-48-39-21-38(32(19-36(39)41)24-44-16-6-5-7-17-44)47-25-29-18-34(23-43-22-29)51(3,45)46/h8-12,18-23,33,42H,4-7,13-17,24-27H2,1-3H3. The van der Waals surface area contributed by atoms with Gasteiger partial charge in [-0.15, -0.1) is 0 Å². The fraction of sp³-hybridized carbons (Fsp3) is 0.425. The molecule has 2 aliphatic rings. The molecule has 0 amide bonds. The first-order valence-electron chi connectivity index (χ1n) is 17.9. The first-order valence-corrected chi connectivity index (χ1v) is 20.1. The Hall–Kier alpha value is -3.83. The van der Waals surface area contributed by atoms with Gasteiger partial charge in [0, 0.05) is 48.8 Å². The van der Waals surface area contributed by atoms with E-state index >= 15 is 0 Å². The van der Waals surface area contributed by atoms with Crippen molar-refractivity contribution < 1.29 is 27.4 Å². The first kappa shape index (κ1) is 36.9. The predicted molar refractivity (Wildman–Crippen MR) is 201 cm³/mol. The Kier molecular flexibility index (Phi) is 12.4. The van der Waals surface area contributed by atoms with Crippen molar-refractivity contribution in [1.82, 2.24) is 15.2 Å². The zero-order valence-electron chi connectivity index (χ0n) is 29.8. The normalized spacial score (nSPS) is 16.2. The average molecular weight is 734 g/mol. The summed E-state index contributed by atoms with van der Waals surface area (Å²) < 4.78 is 49.3. The van der Waals surface area contributed by atoms with Crippen molar-refractivity contribution in [3.8, 4) is 34.1 Å². The van der Waals surface area contributed by atoms with E-state index in [1.54, 1.807) is 12.3 Å².